The number of benzene rings is 4. The van der Waals surface area contributed by atoms with Crippen LogP contribution < -0.4 is 0 Å². The molecule has 0 unspecified atom stereocenters. The van der Waals surface area contributed by atoms with Crippen LogP contribution in [-0.2, 0) is 0 Å². The van der Waals surface area contributed by atoms with Gasteiger partial charge < -0.3 is 4.57 Å². The second kappa shape index (κ2) is 6.53. The molecule has 0 saturated heterocycles. The van der Waals surface area contributed by atoms with Crippen LogP contribution in [0.3, 0.4) is 0 Å². The van der Waals surface area contributed by atoms with Gasteiger partial charge in [-0.25, -0.2) is 9.97 Å². The fourth-order valence-electron chi connectivity index (χ4n) is 4.39. The molecule has 0 radical (unpaired) electrons. The van der Waals surface area contributed by atoms with Crippen molar-refractivity contribution in [3.05, 3.63) is 103 Å². The van der Waals surface area contributed by atoms with E-state index in [9.17, 15) is 0 Å². The van der Waals surface area contributed by atoms with Crippen molar-refractivity contribution >= 4 is 32.7 Å². The third-order valence-electron chi connectivity index (χ3n) is 5.68. The lowest BCUT2D eigenvalue weighted by molar-refractivity contribution is 1.10. The molecular formula is C27H19N3. The molecule has 0 N–H and O–H groups in total. The summed E-state index contributed by atoms with van der Waals surface area (Å²) in [6.45, 7) is 1.95. The van der Waals surface area contributed by atoms with Crippen molar-refractivity contribution < 1.29 is 0 Å². The zero-order valence-corrected chi connectivity index (χ0v) is 16.6. The Balaban J connectivity index is 1.69. The quantitative estimate of drug-likeness (QED) is 0.332. The van der Waals surface area contributed by atoms with Crippen molar-refractivity contribution in [3.8, 4) is 16.9 Å². The number of rotatable bonds is 2. The van der Waals surface area contributed by atoms with E-state index in [1.165, 1.54) is 27.5 Å². The van der Waals surface area contributed by atoms with Crippen LogP contribution in [0.2, 0.25) is 0 Å². The van der Waals surface area contributed by atoms with E-state index >= 15 is 0 Å². The number of aromatic nitrogens is 3. The summed E-state index contributed by atoms with van der Waals surface area (Å²) in [5, 5.41) is 3.55. The topological polar surface area (TPSA) is 30.7 Å². The van der Waals surface area contributed by atoms with Gasteiger partial charge in [-0.1, -0.05) is 60.7 Å². The monoisotopic (exact) mass is 385 g/mol. The Morgan fingerprint density at radius 3 is 2.17 bits per heavy atom. The van der Waals surface area contributed by atoms with Crippen molar-refractivity contribution in [2.45, 2.75) is 6.92 Å². The Hall–Kier alpha value is -3.98. The minimum absolute atomic E-state index is 0.788. The molecule has 0 fully saturated rings. The van der Waals surface area contributed by atoms with Crippen LogP contribution >= 0.6 is 0 Å². The third-order valence-corrected chi connectivity index (χ3v) is 5.68. The van der Waals surface area contributed by atoms with Crippen LogP contribution in [-0.4, -0.2) is 14.5 Å². The smallest absolute Gasteiger partial charge is 0.126 e. The van der Waals surface area contributed by atoms with E-state index in [2.05, 4.69) is 88.4 Å². The number of hydrogen-bond acceptors (Lipinski definition) is 2. The van der Waals surface area contributed by atoms with Crippen LogP contribution in [0.5, 0.6) is 0 Å². The van der Waals surface area contributed by atoms with Gasteiger partial charge in [-0.3, -0.25) is 0 Å². The standard InChI is InChI=1S/C27H19N3/c1-18-28-24-13-7-5-12-22(24)27(29-18)19-15-16-26-23(17-19)21-11-6-8-14-25(21)30(26)20-9-3-2-4-10-20/h2-17H,1H3. The molecule has 0 aliphatic heterocycles. The van der Waals surface area contributed by atoms with Gasteiger partial charge in [0, 0.05) is 27.4 Å². The Kier molecular flexibility index (Phi) is 3.68. The molecule has 6 rings (SSSR count). The Morgan fingerprint density at radius 1 is 0.600 bits per heavy atom. The molecule has 3 nitrogen and oxygen atoms in total. The molecule has 3 heteroatoms. The highest BCUT2D eigenvalue weighted by Gasteiger charge is 2.14. The second-order valence-corrected chi connectivity index (χ2v) is 7.56. The predicted molar refractivity (Wildman–Crippen MR) is 124 cm³/mol. The largest absolute Gasteiger partial charge is 0.309 e. The average molecular weight is 385 g/mol. The van der Waals surface area contributed by atoms with Crippen LogP contribution in [0.15, 0.2) is 97.1 Å². The van der Waals surface area contributed by atoms with E-state index in [1.807, 2.05) is 25.1 Å². The first-order chi connectivity index (χ1) is 14.8. The van der Waals surface area contributed by atoms with E-state index in [4.69, 9.17) is 4.98 Å². The maximum atomic E-state index is 4.81. The van der Waals surface area contributed by atoms with Gasteiger partial charge in [-0.05, 0) is 43.3 Å². The molecule has 6 aromatic rings. The first kappa shape index (κ1) is 16.9. The van der Waals surface area contributed by atoms with Crippen LogP contribution in [0.4, 0.5) is 0 Å². The normalized spacial score (nSPS) is 11.5. The molecular weight excluding hydrogens is 366 g/mol. The summed E-state index contributed by atoms with van der Waals surface area (Å²) in [7, 11) is 0. The van der Waals surface area contributed by atoms with Crippen molar-refractivity contribution in [1.82, 2.24) is 14.5 Å². The number of fused-ring (bicyclic) bond motifs is 4. The fraction of sp³-hybridized carbons (Fsp3) is 0.0370. The van der Waals surface area contributed by atoms with E-state index in [0.717, 1.165) is 28.0 Å². The summed E-state index contributed by atoms with van der Waals surface area (Å²) < 4.78 is 2.33. The number of para-hydroxylation sites is 3. The van der Waals surface area contributed by atoms with Crippen LogP contribution in [0.1, 0.15) is 5.82 Å². The minimum Gasteiger partial charge on any atom is -0.309 e. The molecule has 0 atom stereocenters. The first-order valence-electron chi connectivity index (χ1n) is 10.1. The van der Waals surface area contributed by atoms with Crippen molar-refractivity contribution in [1.29, 1.82) is 0 Å². The average Bonchev–Trinajstić information content (AvgIpc) is 3.13. The Morgan fingerprint density at radius 2 is 1.30 bits per heavy atom. The molecule has 0 amide bonds. The lowest BCUT2D eigenvalue weighted by Gasteiger charge is -2.09. The number of aryl methyl sites for hydroxylation is 1. The molecule has 0 spiro atoms. The Labute approximate surface area is 174 Å². The molecule has 2 heterocycles. The zero-order chi connectivity index (χ0) is 20.1. The van der Waals surface area contributed by atoms with Crippen LogP contribution in [0, 0.1) is 6.92 Å². The molecule has 0 aliphatic rings. The lowest BCUT2D eigenvalue weighted by atomic mass is 10.0. The molecule has 30 heavy (non-hydrogen) atoms. The molecule has 142 valence electrons. The van der Waals surface area contributed by atoms with Gasteiger partial charge in [0.05, 0.1) is 22.2 Å². The highest BCUT2D eigenvalue weighted by Crippen LogP contribution is 2.35. The van der Waals surface area contributed by atoms with E-state index in [-0.39, 0.29) is 0 Å². The van der Waals surface area contributed by atoms with E-state index in [1.54, 1.807) is 0 Å². The molecule has 2 aromatic heterocycles. The molecule has 0 bridgehead atoms. The highest BCUT2D eigenvalue weighted by molar-refractivity contribution is 6.11. The summed E-state index contributed by atoms with van der Waals surface area (Å²) in [6, 6.07) is 34.0. The Bertz CT molecular complexity index is 1550. The van der Waals surface area contributed by atoms with Gasteiger partial charge in [0.15, 0.2) is 0 Å². The van der Waals surface area contributed by atoms with Crippen molar-refractivity contribution in [2.75, 3.05) is 0 Å². The van der Waals surface area contributed by atoms with Gasteiger partial charge in [0.1, 0.15) is 5.82 Å². The van der Waals surface area contributed by atoms with Gasteiger partial charge >= 0.3 is 0 Å². The zero-order valence-electron chi connectivity index (χ0n) is 16.6. The lowest BCUT2D eigenvalue weighted by Crippen LogP contribution is -1.95. The maximum absolute atomic E-state index is 4.81. The number of nitrogens with zero attached hydrogens (tertiary/aromatic N) is 3. The summed E-state index contributed by atoms with van der Waals surface area (Å²) in [4.78, 5) is 9.41. The molecule has 0 aliphatic carbocycles. The van der Waals surface area contributed by atoms with E-state index < -0.39 is 0 Å². The highest BCUT2D eigenvalue weighted by atomic mass is 15.0. The van der Waals surface area contributed by atoms with Gasteiger partial charge in [-0.15, -0.1) is 0 Å². The fourth-order valence-corrected chi connectivity index (χ4v) is 4.39. The van der Waals surface area contributed by atoms with Crippen molar-refractivity contribution in [3.63, 3.8) is 0 Å². The van der Waals surface area contributed by atoms with Gasteiger partial charge in [0.25, 0.3) is 0 Å². The minimum atomic E-state index is 0.788. The number of hydrogen-bond donors (Lipinski definition) is 0. The SMILES string of the molecule is Cc1nc(-c2ccc3c(c2)c2ccccc2n3-c2ccccc2)c2ccccc2n1. The molecule has 4 aromatic carbocycles. The summed E-state index contributed by atoms with van der Waals surface area (Å²) in [5.74, 6) is 0.788. The van der Waals surface area contributed by atoms with Crippen LogP contribution in [0.25, 0.3) is 49.7 Å². The predicted octanol–water partition coefficient (Wildman–Crippen LogP) is 6.70. The van der Waals surface area contributed by atoms with Gasteiger partial charge in [-0.2, -0.15) is 0 Å². The molecule has 0 saturated carbocycles. The van der Waals surface area contributed by atoms with Crippen molar-refractivity contribution in [2.24, 2.45) is 0 Å². The maximum Gasteiger partial charge on any atom is 0.126 e. The summed E-state index contributed by atoms with van der Waals surface area (Å²) in [5.41, 5.74) is 6.64. The summed E-state index contributed by atoms with van der Waals surface area (Å²) >= 11 is 0. The third kappa shape index (κ3) is 2.52. The van der Waals surface area contributed by atoms with E-state index in [0.29, 0.717) is 0 Å². The van der Waals surface area contributed by atoms with Gasteiger partial charge in [0.2, 0.25) is 0 Å². The second-order valence-electron chi connectivity index (χ2n) is 7.56. The first-order valence-corrected chi connectivity index (χ1v) is 10.1. The summed E-state index contributed by atoms with van der Waals surface area (Å²) in [6.07, 6.45) is 0.